The smallest absolute Gasteiger partial charge is 0.283 e. The fourth-order valence-corrected chi connectivity index (χ4v) is 0.720. The molecule has 4 N–H and O–H groups in total. The third kappa shape index (κ3) is 10.7. The number of alkyl halides is 1. The second-order valence-electron chi connectivity index (χ2n) is 2.61. The van der Waals surface area contributed by atoms with E-state index in [0.29, 0.717) is 0 Å². The minimum Gasteiger partial charge on any atom is -1.00 e. The van der Waals surface area contributed by atoms with Crippen molar-refractivity contribution in [1.82, 2.24) is 0 Å². The van der Waals surface area contributed by atoms with E-state index in [0.717, 1.165) is 0 Å². The Morgan fingerprint density at radius 2 is 1.50 bits per heavy atom. The monoisotopic (exact) mass is 265 g/mol. The molecule has 90 valence electrons. The van der Waals surface area contributed by atoms with Crippen LogP contribution in [0.5, 0.6) is 0 Å². The van der Waals surface area contributed by atoms with Gasteiger partial charge in [-0.15, -0.1) is 11.6 Å². The third-order valence-corrected chi connectivity index (χ3v) is 1.51. The fourth-order valence-electron chi connectivity index (χ4n) is 0.720. The van der Waals surface area contributed by atoms with E-state index in [-0.39, 0.29) is 30.7 Å². The van der Waals surface area contributed by atoms with Gasteiger partial charge in [0.05, 0.1) is 0 Å². The topological polar surface area (TPSA) is 90.1 Å². The van der Waals surface area contributed by atoms with Crippen molar-refractivity contribution in [2.24, 2.45) is 11.5 Å². The second-order valence-corrected chi connectivity index (χ2v) is 2.88. The van der Waals surface area contributed by atoms with Crippen molar-refractivity contribution in [3.8, 4) is 0 Å². The molecule has 0 atom stereocenters. The number of hydrogen-bond donors (Lipinski definition) is 2. The number of hydrogen-bond acceptors (Lipinski definition) is 2. The van der Waals surface area contributed by atoms with Gasteiger partial charge in [-0.25, -0.2) is 0 Å². The van der Waals surface area contributed by atoms with Crippen molar-refractivity contribution in [3.05, 3.63) is 30.6 Å². The molecule has 0 aromatic carbocycles. The Morgan fingerprint density at radius 3 is 1.81 bits per heavy atom. The lowest BCUT2D eigenvalue weighted by Crippen LogP contribution is -3.00. The standard InChI is InChI=1S/C7H8N2O.C2H4ClNO.ClH/c8-7(10)6-9-4-2-1-3-5-9;3-1-2(4)5;/h1-5H,6H2,(H-,8,10);1H2,(H2,4,5);1H. The molecule has 0 saturated heterocycles. The van der Waals surface area contributed by atoms with E-state index >= 15 is 0 Å². The second kappa shape index (κ2) is 10.2. The summed E-state index contributed by atoms with van der Waals surface area (Å²) in [6, 6.07) is 5.59. The molecule has 0 unspecified atom stereocenters. The fraction of sp³-hybridized carbons (Fsp3) is 0.222. The molecule has 5 nitrogen and oxygen atoms in total. The van der Waals surface area contributed by atoms with Gasteiger partial charge in [-0.05, 0) is 0 Å². The summed E-state index contributed by atoms with van der Waals surface area (Å²) in [5.74, 6) is -0.886. The molecule has 2 amide bonds. The Labute approximate surface area is 105 Å². The first kappa shape index (κ1) is 17.1. The highest BCUT2D eigenvalue weighted by molar-refractivity contribution is 6.27. The summed E-state index contributed by atoms with van der Waals surface area (Å²) in [4.78, 5) is 19.8. The lowest BCUT2D eigenvalue weighted by molar-refractivity contribution is -0.684. The van der Waals surface area contributed by atoms with Crippen molar-refractivity contribution < 1.29 is 26.6 Å². The minimum atomic E-state index is -0.480. The van der Waals surface area contributed by atoms with E-state index < -0.39 is 5.91 Å². The number of primary amides is 2. The van der Waals surface area contributed by atoms with Crippen molar-refractivity contribution in [2.45, 2.75) is 6.54 Å². The van der Waals surface area contributed by atoms with Crippen LogP contribution in [0, 0.1) is 0 Å². The average Bonchev–Trinajstić information content (AvgIpc) is 2.19. The van der Waals surface area contributed by atoms with Gasteiger partial charge in [-0.1, -0.05) is 6.07 Å². The Kier molecular flexibility index (Phi) is 10.9. The third-order valence-electron chi connectivity index (χ3n) is 1.25. The van der Waals surface area contributed by atoms with E-state index in [1.54, 1.807) is 17.0 Å². The first-order valence-electron chi connectivity index (χ1n) is 4.13. The molecule has 0 aliphatic carbocycles. The Hall–Kier alpha value is -1.33. The van der Waals surface area contributed by atoms with Gasteiger partial charge in [0.2, 0.25) is 12.5 Å². The highest BCUT2D eigenvalue weighted by Gasteiger charge is 2.00. The first-order valence-corrected chi connectivity index (χ1v) is 4.66. The molecular weight excluding hydrogens is 253 g/mol. The van der Waals surface area contributed by atoms with Crippen LogP contribution in [-0.2, 0) is 16.1 Å². The number of rotatable bonds is 3. The summed E-state index contributed by atoms with van der Waals surface area (Å²) in [5, 5.41) is 0. The lowest BCUT2D eigenvalue weighted by atomic mass is 10.5. The molecule has 0 spiro atoms. The molecule has 16 heavy (non-hydrogen) atoms. The first-order chi connectivity index (χ1) is 7.06. The summed E-state index contributed by atoms with van der Waals surface area (Å²) in [5.41, 5.74) is 9.49. The number of aromatic nitrogens is 1. The van der Waals surface area contributed by atoms with E-state index in [1.165, 1.54) is 0 Å². The number of carbonyl (C=O) groups excluding carboxylic acids is 2. The highest BCUT2D eigenvalue weighted by atomic mass is 35.5. The maximum atomic E-state index is 10.4. The minimum absolute atomic E-state index is 0. The van der Waals surface area contributed by atoms with Gasteiger partial charge in [-0.3, -0.25) is 9.59 Å². The molecule has 0 radical (unpaired) electrons. The number of nitrogens with two attached hydrogens (primary N) is 2. The van der Waals surface area contributed by atoms with E-state index in [2.05, 4.69) is 5.73 Å². The molecule has 0 aliphatic heterocycles. The Balaban J connectivity index is 0. The largest absolute Gasteiger partial charge is 1.00 e. The summed E-state index contributed by atoms with van der Waals surface area (Å²) in [7, 11) is 0. The van der Waals surface area contributed by atoms with Gasteiger partial charge >= 0.3 is 0 Å². The van der Waals surface area contributed by atoms with Crippen molar-refractivity contribution in [2.75, 3.05) is 5.88 Å². The van der Waals surface area contributed by atoms with Crippen LogP contribution in [0.3, 0.4) is 0 Å². The molecule has 0 aliphatic rings. The predicted octanol–water partition coefficient (Wildman–Crippen LogP) is -3.83. The van der Waals surface area contributed by atoms with Gasteiger partial charge < -0.3 is 23.9 Å². The Morgan fingerprint density at radius 1 is 1.06 bits per heavy atom. The van der Waals surface area contributed by atoms with E-state index in [4.69, 9.17) is 17.3 Å². The van der Waals surface area contributed by atoms with Gasteiger partial charge in [0.15, 0.2) is 12.4 Å². The number of carbonyl (C=O) groups is 2. The van der Waals surface area contributed by atoms with Crippen LogP contribution in [0.25, 0.3) is 0 Å². The summed E-state index contributed by atoms with van der Waals surface area (Å²) < 4.78 is 1.72. The van der Waals surface area contributed by atoms with Crippen LogP contribution < -0.4 is 28.4 Å². The van der Waals surface area contributed by atoms with Crippen molar-refractivity contribution >= 4 is 23.4 Å². The number of pyridine rings is 1. The van der Waals surface area contributed by atoms with Gasteiger partial charge in [0, 0.05) is 12.1 Å². The zero-order valence-corrected chi connectivity index (χ0v) is 9.99. The van der Waals surface area contributed by atoms with Crippen LogP contribution in [0.1, 0.15) is 0 Å². The zero-order chi connectivity index (χ0) is 11.7. The quantitative estimate of drug-likeness (QED) is 0.433. The normalized spacial score (nSPS) is 8.06. The van der Waals surface area contributed by atoms with Gasteiger partial charge in [0.1, 0.15) is 5.88 Å². The van der Waals surface area contributed by atoms with Crippen LogP contribution in [0.15, 0.2) is 30.6 Å². The summed E-state index contributed by atoms with van der Waals surface area (Å²) in [6.45, 7) is 0.251. The molecule has 7 heteroatoms. The van der Waals surface area contributed by atoms with Crippen LogP contribution in [0.4, 0.5) is 0 Å². The Bertz CT molecular complexity index is 320. The molecule has 0 fully saturated rings. The molecule has 1 heterocycles. The van der Waals surface area contributed by atoms with E-state index in [9.17, 15) is 9.59 Å². The summed E-state index contributed by atoms with van der Waals surface area (Å²) in [6.07, 6.45) is 3.59. The molecule has 1 rings (SSSR count). The van der Waals surface area contributed by atoms with Crippen LogP contribution in [-0.4, -0.2) is 17.7 Å². The molecule has 1 aromatic heterocycles. The number of nitrogens with zero attached hydrogens (tertiary/aromatic N) is 1. The van der Waals surface area contributed by atoms with Gasteiger partial charge in [0.25, 0.3) is 5.91 Å². The van der Waals surface area contributed by atoms with E-state index in [1.807, 2.05) is 18.2 Å². The average molecular weight is 266 g/mol. The maximum Gasteiger partial charge on any atom is 0.283 e. The molecule has 1 aromatic rings. The van der Waals surface area contributed by atoms with Crippen LogP contribution in [0.2, 0.25) is 0 Å². The molecule has 0 bridgehead atoms. The number of halogens is 2. The lowest BCUT2D eigenvalue weighted by Gasteiger charge is -1.88. The maximum absolute atomic E-state index is 10.4. The predicted molar refractivity (Wildman–Crippen MR) is 55.7 cm³/mol. The van der Waals surface area contributed by atoms with Gasteiger partial charge in [-0.2, -0.15) is 4.57 Å². The van der Waals surface area contributed by atoms with Crippen molar-refractivity contribution in [1.29, 1.82) is 0 Å². The zero-order valence-electron chi connectivity index (χ0n) is 8.48. The number of amides is 2. The van der Waals surface area contributed by atoms with Crippen molar-refractivity contribution in [3.63, 3.8) is 0 Å². The SMILES string of the molecule is NC(=O)CCl.NC(=O)C[n+]1ccccc1.[Cl-]. The molecule has 0 saturated carbocycles. The molecular formula is C9H13Cl2N3O2. The highest BCUT2D eigenvalue weighted by Crippen LogP contribution is 1.75. The summed E-state index contributed by atoms with van der Waals surface area (Å²) >= 11 is 4.86. The van der Waals surface area contributed by atoms with Crippen LogP contribution >= 0.6 is 11.6 Å².